The minimum absolute atomic E-state index is 0.117. The van der Waals surface area contributed by atoms with Crippen LogP contribution in [0.4, 0.5) is 11.4 Å². The SMILES string of the molecule is COc1cc(C2Nc3ccccc3NC3=CC(C)(C)CC(=O)C32)cc(I)c1O. The summed E-state index contributed by atoms with van der Waals surface area (Å²) in [4.78, 5) is 13.2. The molecular weight excluding hydrogens is 467 g/mol. The summed E-state index contributed by atoms with van der Waals surface area (Å²) >= 11 is 2.09. The molecule has 0 bridgehead atoms. The quantitative estimate of drug-likeness (QED) is 0.513. The number of hydrogen-bond donors (Lipinski definition) is 3. The molecule has 4 rings (SSSR count). The van der Waals surface area contributed by atoms with Gasteiger partial charge in [-0.15, -0.1) is 0 Å². The minimum atomic E-state index is -0.342. The van der Waals surface area contributed by atoms with Crippen molar-refractivity contribution in [3.8, 4) is 11.5 Å². The molecule has 28 heavy (non-hydrogen) atoms. The van der Waals surface area contributed by atoms with Gasteiger partial charge in [0.25, 0.3) is 0 Å². The second kappa shape index (κ2) is 6.99. The van der Waals surface area contributed by atoms with Crippen LogP contribution >= 0.6 is 22.6 Å². The summed E-state index contributed by atoms with van der Waals surface area (Å²) in [6.45, 7) is 4.17. The van der Waals surface area contributed by atoms with Gasteiger partial charge in [0.1, 0.15) is 5.78 Å². The number of nitrogens with one attached hydrogen (secondary N) is 2. The average Bonchev–Trinajstić information content (AvgIpc) is 2.79. The first-order valence-corrected chi connectivity index (χ1v) is 10.3. The summed E-state index contributed by atoms with van der Waals surface area (Å²) in [6.07, 6.45) is 2.67. The number of benzene rings is 2. The Labute approximate surface area is 178 Å². The molecule has 2 aromatic carbocycles. The summed E-state index contributed by atoms with van der Waals surface area (Å²) in [7, 11) is 1.53. The number of ketones is 1. The van der Waals surface area contributed by atoms with Gasteiger partial charge in [-0.3, -0.25) is 4.79 Å². The van der Waals surface area contributed by atoms with E-state index in [1.165, 1.54) is 7.11 Å². The summed E-state index contributed by atoms with van der Waals surface area (Å²) in [5.41, 5.74) is 3.52. The van der Waals surface area contributed by atoms with Crippen LogP contribution in [0, 0.1) is 14.9 Å². The Morgan fingerprint density at radius 3 is 2.64 bits per heavy atom. The highest BCUT2D eigenvalue weighted by molar-refractivity contribution is 14.1. The minimum Gasteiger partial charge on any atom is -0.504 e. The third-order valence-corrected chi connectivity index (χ3v) is 6.16. The van der Waals surface area contributed by atoms with Crippen molar-refractivity contribution in [1.29, 1.82) is 0 Å². The van der Waals surface area contributed by atoms with E-state index in [2.05, 4.69) is 53.1 Å². The van der Waals surface area contributed by atoms with E-state index in [-0.39, 0.29) is 28.9 Å². The fourth-order valence-corrected chi connectivity index (χ4v) is 4.73. The zero-order valence-corrected chi connectivity index (χ0v) is 18.2. The smallest absolute Gasteiger partial charge is 0.171 e. The largest absolute Gasteiger partial charge is 0.504 e. The molecule has 1 aliphatic heterocycles. The van der Waals surface area contributed by atoms with Crippen molar-refractivity contribution in [3.63, 3.8) is 0 Å². The predicted octanol–water partition coefficient (Wildman–Crippen LogP) is 5.08. The van der Waals surface area contributed by atoms with Crippen LogP contribution in [0.2, 0.25) is 0 Å². The molecule has 0 amide bonds. The number of phenols is 1. The highest BCUT2D eigenvalue weighted by Gasteiger charge is 2.41. The maximum Gasteiger partial charge on any atom is 0.171 e. The number of hydrogen-bond acceptors (Lipinski definition) is 5. The molecule has 0 radical (unpaired) electrons. The van der Waals surface area contributed by atoms with Gasteiger partial charge in [0.05, 0.1) is 34.0 Å². The van der Waals surface area contributed by atoms with Crippen molar-refractivity contribution >= 4 is 39.7 Å². The molecule has 146 valence electrons. The molecule has 0 saturated carbocycles. The van der Waals surface area contributed by atoms with Crippen LogP contribution in [0.15, 0.2) is 48.2 Å². The van der Waals surface area contributed by atoms with Crippen LogP contribution in [0.1, 0.15) is 31.9 Å². The van der Waals surface area contributed by atoms with Crippen molar-refractivity contribution in [1.82, 2.24) is 0 Å². The molecule has 2 aliphatic rings. The van der Waals surface area contributed by atoms with Gasteiger partial charge in [0.15, 0.2) is 11.5 Å². The van der Waals surface area contributed by atoms with Gasteiger partial charge < -0.3 is 20.5 Å². The zero-order chi connectivity index (χ0) is 20.1. The molecule has 2 unspecified atom stereocenters. The third-order valence-electron chi connectivity index (χ3n) is 5.34. The molecule has 0 fully saturated rings. The number of allylic oxidation sites excluding steroid dienone is 1. The van der Waals surface area contributed by atoms with E-state index in [1.807, 2.05) is 36.4 Å². The fourth-order valence-electron chi connectivity index (χ4n) is 4.10. The Kier molecular flexibility index (Phi) is 4.77. The molecular formula is C22H23IN2O3. The number of Topliss-reactive ketones (excluding diaryl/α,β-unsaturated/α-hetero) is 1. The number of aromatic hydroxyl groups is 1. The number of carbonyl (C=O) groups is 1. The van der Waals surface area contributed by atoms with Crippen LogP contribution in [0.25, 0.3) is 0 Å². The molecule has 1 aliphatic carbocycles. The van der Waals surface area contributed by atoms with Gasteiger partial charge in [-0.1, -0.05) is 32.1 Å². The maximum absolute atomic E-state index is 13.2. The average molecular weight is 490 g/mol. The Hall–Kier alpha value is -2.22. The molecule has 1 heterocycles. The van der Waals surface area contributed by atoms with Crippen molar-refractivity contribution in [2.75, 3.05) is 17.7 Å². The van der Waals surface area contributed by atoms with Crippen LogP contribution in [-0.4, -0.2) is 18.0 Å². The van der Waals surface area contributed by atoms with E-state index in [0.717, 1.165) is 22.6 Å². The van der Waals surface area contributed by atoms with Crippen LogP contribution in [-0.2, 0) is 4.79 Å². The van der Waals surface area contributed by atoms with E-state index in [1.54, 1.807) is 0 Å². The van der Waals surface area contributed by atoms with Crippen LogP contribution in [0.3, 0.4) is 0 Å². The predicted molar refractivity (Wildman–Crippen MR) is 119 cm³/mol. The highest BCUT2D eigenvalue weighted by Crippen LogP contribution is 2.46. The lowest BCUT2D eigenvalue weighted by molar-refractivity contribution is -0.124. The van der Waals surface area contributed by atoms with Crippen molar-refractivity contribution in [3.05, 3.63) is 57.3 Å². The lowest BCUT2D eigenvalue weighted by atomic mass is 9.72. The zero-order valence-electron chi connectivity index (χ0n) is 16.0. The number of halogens is 1. The Balaban J connectivity index is 1.90. The standard InChI is InChI=1S/C22H23IN2O3/c1-22(2)10-16-19(17(26)11-22)20(25-15-7-5-4-6-14(15)24-16)12-8-13(23)21(27)18(9-12)28-3/h4-10,19-20,24-25,27H,11H2,1-3H3. The second-order valence-electron chi connectivity index (χ2n) is 8.06. The summed E-state index contributed by atoms with van der Waals surface area (Å²) < 4.78 is 6.04. The van der Waals surface area contributed by atoms with Gasteiger partial charge in [0, 0.05) is 12.1 Å². The van der Waals surface area contributed by atoms with Crippen molar-refractivity contribution in [2.24, 2.45) is 11.3 Å². The fraction of sp³-hybridized carbons (Fsp3) is 0.318. The van der Waals surface area contributed by atoms with Crippen molar-refractivity contribution < 1.29 is 14.6 Å². The Morgan fingerprint density at radius 1 is 1.21 bits per heavy atom. The lowest BCUT2D eigenvalue weighted by Gasteiger charge is -2.35. The molecule has 0 saturated heterocycles. The molecule has 2 aromatic rings. The van der Waals surface area contributed by atoms with E-state index in [0.29, 0.717) is 15.7 Å². The van der Waals surface area contributed by atoms with Gasteiger partial charge in [-0.2, -0.15) is 0 Å². The van der Waals surface area contributed by atoms with E-state index in [9.17, 15) is 9.90 Å². The summed E-state index contributed by atoms with van der Waals surface area (Å²) in [5.74, 6) is 0.377. The highest BCUT2D eigenvalue weighted by atomic mass is 127. The number of rotatable bonds is 2. The number of carbonyl (C=O) groups excluding carboxylic acids is 1. The molecule has 0 aromatic heterocycles. The monoisotopic (exact) mass is 490 g/mol. The number of ether oxygens (including phenoxy) is 1. The number of methoxy groups -OCH3 is 1. The third kappa shape index (κ3) is 3.34. The molecule has 5 nitrogen and oxygen atoms in total. The normalized spacial score (nSPS) is 22.7. The maximum atomic E-state index is 13.2. The topological polar surface area (TPSA) is 70.6 Å². The number of fused-ring (bicyclic) bond motifs is 2. The molecule has 0 spiro atoms. The molecule has 3 N–H and O–H groups in total. The molecule has 2 atom stereocenters. The van der Waals surface area contributed by atoms with Gasteiger partial charge >= 0.3 is 0 Å². The lowest BCUT2D eigenvalue weighted by Crippen LogP contribution is -2.36. The van der Waals surface area contributed by atoms with Gasteiger partial charge in [0.2, 0.25) is 0 Å². The van der Waals surface area contributed by atoms with E-state index >= 15 is 0 Å². The summed E-state index contributed by atoms with van der Waals surface area (Å²) in [5, 5.41) is 17.3. The van der Waals surface area contributed by atoms with Crippen LogP contribution < -0.4 is 15.4 Å². The second-order valence-corrected chi connectivity index (χ2v) is 9.22. The first kappa shape index (κ1) is 19.1. The Morgan fingerprint density at radius 2 is 1.93 bits per heavy atom. The summed E-state index contributed by atoms with van der Waals surface area (Å²) in [6, 6.07) is 11.4. The molecule has 6 heteroatoms. The first-order valence-electron chi connectivity index (χ1n) is 9.23. The van der Waals surface area contributed by atoms with E-state index in [4.69, 9.17) is 4.74 Å². The number of para-hydroxylation sites is 2. The first-order chi connectivity index (χ1) is 13.3. The van der Waals surface area contributed by atoms with Gasteiger partial charge in [-0.25, -0.2) is 0 Å². The number of anilines is 2. The number of phenolic OH excluding ortho intramolecular Hbond substituents is 1. The van der Waals surface area contributed by atoms with E-state index < -0.39 is 0 Å². The van der Waals surface area contributed by atoms with Crippen molar-refractivity contribution in [2.45, 2.75) is 26.3 Å². The Bertz CT molecular complexity index is 984. The van der Waals surface area contributed by atoms with Gasteiger partial charge in [-0.05, 0) is 57.8 Å². The van der Waals surface area contributed by atoms with Crippen LogP contribution in [0.5, 0.6) is 11.5 Å².